The molecule has 1 N–H and O–H groups in total. The van der Waals surface area contributed by atoms with Crippen LogP contribution in [0.4, 0.5) is 0 Å². The van der Waals surface area contributed by atoms with Crippen molar-refractivity contribution in [2.24, 2.45) is 5.41 Å². The fraction of sp³-hybridized carbons (Fsp3) is 0.857. The Hall–Kier alpha value is -0.550. The standard InChI is InChI=1S/C7H12N2/c1-7(5-8)3-2-4-9-6-7/h9H,2-4,6H2,1H3. The average molecular weight is 124 g/mol. The molecular formula is C7H12N2. The zero-order chi connectivity index (χ0) is 6.74. The van der Waals surface area contributed by atoms with E-state index in [0.717, 1.165) is 25.9 Å². The number of nitrogens with one attached hydrogen (secondary N) is 1. The molecule has 0 spiro atoms. The Morgan fingerprint density at radius 2 is 2.44 bits per heavy atom. The maximum absolute atomic E-state index is 8.66. The van der Waals surface area contributed by atoms with Gasteiger partial charge in [-0.3, -0.25) is 0 Å². The third-order valence-electron chi connectivity index (χ3n) is 1.87. The van der Waals surface area contributed by atoms with Crippen LogP contribution < -0.4 is 5.32 Å². The molecule has 2 nitrogen and oxygen atoms in total. The number of nitrogens with zero attached hydrogens (tertiary/aromatic N) is 1. The van der Waals surface area contributed by atoms with E-state index in [1.54, 1.807) is 0 Å². The lowest BCUT2D eigenvalue weighted by molar-refractivity contribution is 0.317. The maximum atomic E-state index is 8.66. The van der Waals surface area contributed by atoms with Gasteiger partial charge in [-0.25, -0.2) is 0 Å². The van der Waals surface area contributed by atoms with E-state index in [-0.39, 0.29) is 5.41 Å². The van der Waals surface area contributed by atoms with Crippen molar-refractivity contribution < 1.29 is 0 Å². The number of nitriles is 1. The quantitative estimate of drug-likeness (QED) is 0.520. The summed E-state index contributed by atoms with van der Waals surface area (Å²) in [5, 5.41) is 11.9. The molecule has 1 unspecified atom stereocenters. The van der Waals surface area contributed by atoms with Crippen LogP contribution in [0.1, 0.15) is 19.8 Å². The fourth-order valence-corrected chi connectivity index (χ4v) is 1.15. The molecule has 1 rings (SSSR count). The molecule has 0 radical (unpaired) electrons. The van der Waals surface area contributed by atoms with E-state index in [0.29, 0.717) is 0 Å². The summed E-state index contributed by atoms with van der Waals surface area (Å²) in [5.41, 5.74) is -0.0851. The number of hydrogen-bond acceptors (Lipinski definition) is 2. The molecule has 0 aromatic heterocycles. The highest BCUT2D eigenvalue weighted by Crippen LogP contribution is 2.23. The highest BCUT2D eigenvalue weighted by Gasteiger charge is 2.25. The summed E-state index contributed by atoms with van der Waals surface area (Å²) >= 11 is 0. The van der Waals surface area contributed by atoms with Gasteiger partial charge in [-0.15, -0.1) is 0 Å². The van der Waals surface area contributed by atoms with E-state index < -0.39 is 0 Å². The first-order valence-electron chi connectivity index (χ1n) is 3.39. The summed E-state index contributed by atoms with van der Waals surface area (Å²) in [6, 6.07) is 2.32. The zero-order valence-electron chi connectivity index (χ0n) is 5.78. The minimum absolute atomic E-state index is 0.0851. The van der Waals surface area contributed by atoms with Crippen LogP contribution in [0.15, 0.2) is 0 Å². The van der Waals surface area contributed by atoms with E-state index in [4.69, 9.17) is 5.26 Å². The van der Waals surface area contributed by atoms with E-state index in [2.05, 4.69) is 11.4 Å². The predicted molar refractivity (Wildman–Crippen MR) is 35.8 cm³/mol. The normalized spacial score (nSPS) is 35.6. The summed E-state index contributed by atoms with van der Waals surface area (Å²) in [5.74, 6) is 0. The molecule has 1 saturated heterocycles. The average Bonchev–Trinajstić information content (AvgIpc) is 1.90. The van der Waals surface area contributed by atoms with Gasteiger partial charge >= 0.3 is 0 Å². The van der Waals surface area contributed by atoms with Crippen molar-refractivity contribution in [1.29, 1.82) is 5.26 Å². The minimum Gasteiger partial charge on any atom is -0.315 e. The maximum Gasteiger partial charge on any atom is 0.0700 e. The minimum atomic E-state index is -0.0851. The lowest BCUT2D eigenvalue weighted by Gasteiger charge is -2.26. The molecule has 1 aliphatic rings. The summed E-state index contributed by atoms with van der Waals surface area (Å²) in [6.07, 6.45) is 2.20. The second-order valence-corrected chi connectivity index (χ2v) is 2.95. The van der Waals surface area contributed by atoms with Gasteiger partial charge in [-0.2, -0.15) is 5.26 Å². The third-order valence-corrected chi connectivity index (χ3v) is 1.87. The van der Waals surface area contributed by atoms with Crippen LogP contribution in [0.25, 0.3) is 0 Å². The molecular weight excluding hydrogens is 112 g/mol. The fourth-order valence-electron chi connectivity index (χ4n) is 1.15. The van der Waals surface area contributed by atoms with Gasteiger partial charge in [0.05, 0.1) is 11.5 Å². The molecule has 0 saturated carbocycles. The van der Waals surface area contributed by atoms with Gasteiger partial charge in [-0.1, -0.05) is 0 Å². The Bertz CT molecular complexity index is 128. The summed E-state index contributed by atoms with van der Waals surface area (Å²) in [4.78, 5) is 0. The van der Waals surface area contributed by atoms with Crippen molar-refractivity contribution in [3.05, 3.63) is 0 Å². The van der Waals surface area contributed by atoms with Gasteiger partial charge in [-0.05, 0) is 26.3 Å². The molecule has 0 aromatic carbocycles. The molecule has 1 heterocycles. The summed E-state index contributed by atoms with van der Waals surface area (Å²) < 4.78 is 0. The molecule has 0 bridgehead atoms. The van der Waals surface area contributed by atoms with Crippen molar-refractivity contribution in [3.8, 4) is 6.07 Å². The smallest absolute Gasteiger partial charge is 0.0700 e. The Morgan fingerprint density at radius 1 is 1.67 bits per heavy atom. The first kappa shape index (κ1) is 6.57. The van der Waals surface area contributed by atoms with E-state index in [1.807, 2.05) is 6.92 Å². The highest BCUT2D eigenvalue weighted by molar-refractivity contribution is 4.98. The molecule has 0 amide bonds. The van der Waals surface area contributed by atoms with Gasteiger partial charge in [0.25, 0.3) is 0 Å². The van der Waals surface area contributed by atoms with Crippen molar-refractivity contribution in [2.45, 2.75) is 19.8 Å². The first-order valence-corrected chi connectivity index (χ1v) is 3.39. The van der Waals surface area contributed by atoms with Gasteiger partial charge in [0.1, 0.15) is 0 Å². The molecule has 2 heteroatoms. The molecule has 1 atom stereocenters. The van der Waals surface area contributed by atoms with Crippen molar-refractivity contribution in [3.63, 3.8) is 0 Å². The largest absolute Gasteiger partial charge is 0.315 e. The van der Waals surface area contributed by atoms with Crippen molar-refractivity contribution in [2.75, 3.05) is 13.1 Å². The van der Waals surface area contributed by atoms with Crippen LogP contribution in [0.2, 0.25) is 0 Å². The summed E-state index contributed by atoms with van der Waals surface area (Å²) in [6.45, 7) is 3.96. The number of rotatable bonds is 0. The zero-order valence-corrected chi connectivity index (χ0v) is 5.78. The third kappa shape index (κ3) is 1.43. The van der Waals surface area contributed by atoms with E-state index >= 15 is 0 Å². The van der Waals surface area contributed by atoms with Crippen LogP contribution >= 0.6 is 0 Å². The monoisotopic (exact) mass is 124 g/mol. The van der Waals surface area contributed by atoms with Crippen LogP contribution in [-0.4, -0.2) is 13.1 Å². The molecule has 0 aliphatic carbocycles. The summed E-state index contributed by atoms with van der Waals surface area (Å²) in [7, 11) is 0. The molecule has 9 heavy (non-hydrogen) atoms. The van der Waals surface area contributed by atoms with Crippen LogP contribution in [0.3, 0.4) is 0 Å². The van der Waals surface area contributed by atoms with Crippen molar-refractivity contribution >= 4 is 0 Å². The molecule has 1 aliphatic heterocycles. The van der Waals surface area contributed by atoms with Crippen molar-refractivity contribution in [1.82, 2.24) is 5.32 Å². The Kier molecular flexibility index (Phi) is 1.73. The lowest BCUT2D eigenvalue weighted by Crippen LogP contribution is -2.36. The van der Waals surface area contributed by atoms with E-state index in [9.17, 15) is 0 Å². The first-order chi connectivity index (χ1) is 4.27. The predicted octanol–water partition coefficient (Wildman–Crippen LogP) is 0.900. The molecule has 50 valence electrons. The van der Waals surface area contributed by atoms with Gasteiger partial charge in [0.2, 0.25) is 0 Å². The lowest BCUT2D eigenvalue weighted by atomic mass is 9.85. The Balaban J connectivity index is 2.49. The topological polar surface area (TPSA) is 35.8 Å². The SMILES string of the molecule is CC1(C#N)CCCNC1. The Labute approximate surface area is 55.9 Å². The van der Waals surface area contributed by atoms with Gasteiger partial charge in [0.15, 0.2) is 0 Å². The number of hydrogen-bond donors (Lipinski definition) is 1. The Morgan fingerprint density at radius 3 is 2.78 bits per heavy atom. The second kappa shape index (κ2) is 2.36. The number of piperidine rings is 1. The van der Waals surface area contributed by atoms with Crippen LogP contribution in [0.5, 0.6) is 0 Å². The highest BCUT2D eigenvalue weighted by atomic mass is 14.9. The van der Waals surface area contributed by atoms with Crippen LogP contribution in [-0.2, 0) is 0 Å². The van der Waals surface area contributed by atoms with Gasteiger partial charge in [0, 0.05) is 6.54 Å². The second-order valence-electron chi connectivity index (χ2n) is 2.95. The molecule has 0 aromatic rings. The van der Waals surface area contributed by atoms with Gasteiger partial charge < -0.3 is 5.32 Å². The molecule has 1 fully saturated rings. The van der Waals surface area contributed by atoms with E-state index in [1.165, 1.54) is 0 Å². The van der Waals surface area contributed by atoms with Crippen LogP contribution in [0, 0.1) is 16.7 Å².